The van der Waals surface area contributed by atoms with Crippen LogP contribution in [-0.2, 0) is 11.3 Å². The number of carbonyl (C=O) groups excluding carboxylic acids is 2. The molecule has 0 saturated heterocycles. The van der Waals surface area contributed by atoms with E-state index in [0.29, 0.717) is 18.7 Å². The normalized spacial score (nSPS) is 10.2. The Morgan fingerprint density at radius 1 is 1.25 bits per heavy atom. The van der Waals surface area contributed by atoms with Gasteiger partial charge in [-0.05, 0) is 24.1 Å². The molecule has 20 heavy (non-hydrogen) atoms. The lowest BCUT2D eigenvalue weighted by Gasteiger charge is -2.23. The van der Waals surface area contributed by atoms with Crippen LogP contribution in [0.15, 0.2) is 24.3 Å². The summed E-state index contributed by atoms with van der Waals surface area (Å²) < 4.78 is 0. The Kier molecular flexibility index (Phi) is 6.18. The lowest BCUT2D eigenvalue weighted by Crippen LogP contribution is -2.40. The van der Waals surface area contributed by atoms with E-state index in [0.717, 1.165) is 12.0 Å². The molecule has 5 heteroatoms. The first-order valence-electron chi connectivity index (χ1n) is 6.78. The highest BCUT2D eigenvalue weighted by Crippen LogP contribution is 2.09. The molecule has 110 valence electrons. The number of likely N-dealkylation sites (N-methyl/N-ethyl adjacent to an activating group) is 1. The van der Waals surface area contributed by atoms with Crippen molar-refractivity contribution in [2.45, 2.75) is 19.9 Å². The number of nitrogens with zero attached hydrogens (tertiary/aromatic N) is 2. The van der Waals surface area contributed by atoms with Gasteiger partial charge < -0.3 is 15.5 Å². The van der Waals surface area contributed by atoms with Crippen molar-refractivity contribution >= 4 is 11.8 Å². The summed E-state index contributed by atoms with van der Waals surface area (Å²) in [6, 6.07) is 7.23. The first kappa shape index (κ1) is 16.2. The smallest absolute Gasteiger partial charge is 0.254 e. The Labute approximate surface area is 120 Å². The molecule has 0 aliphatic carbocycles. The van der Waals surface area contributed by atoms with Gasteiger partial charge in [0.2, 0.25) is 5.91 Å². The number of benzene rings is 1. The van der Waals surface area contributed by atoms with Crippen molar-refractivity contribution in [1.82, 2.24) is 9.80 Å². The molecule has 0 unspecified atom stereocenters. The number of carbonyl (C=O) groups is 2. The monoisotopic (exact) mass is 277 g/mol. The van der Waals surface area contributed by atoms with Gasteiger partial charge in [-0.25, -0.2) is 0 Å². The van der Waals surface area contributed by atoms with E-state index in [1.54, 1.807) is 31.1 Å². The SMILES string of the molecule is CCCN(CC(=O)N(C)C)C(=O)c1cccc(CN)c1. The van der Waals surface area contributed by atoms with Crippen LogP contribution < -0.4 is 5.73 Å². The minimum absolute atomic E-state index is 0.0817. The Bertz CT molecular complexity index is 472. The predicted molar refractivity (Wildman–Crippen MR) is 79.2 cm³/mol. The topological polar surface area (TPSA) is 66.6 Å². The van der Waals surface area contributed by atoms with E-state index in [4.69, 9.17) is 5.73 Å². The maximum Gasteiger partial charge on any atom is 0.254 e. The molecular weight excluding hydrogens is 254 g/mol. The highest BCUT2D eigenvalue weighted by molar-refractivity contribution is 5.96. The fourth-order valence-corrected chi connectivity index (χ4v) is 1.84. The third-order valence-electron chi connectivity index (χ3n) is 3.02. The number of hydrogen-bond acceptors (Lipinski definition) is 3. The van der Waals surface area contributed by atoms with Gasteiger partial charge in [0.05, 0.1) is 0 Å². The summed E-state index contributed by atoms with van der Waals surface area (Å²) in [5, 5.41) is 0. The van der Waals surface area contributed by atoms with Crippen LogP contribution in [0.3, 0.4) is 0 Å². The van der Waals surface area contributed by atoms with Crippen molar-refractivity contribution in [3.05, 3.63) is 35.4 Å². The van der Waals surface area contributed by atoms with Crippen molar-refractivity contribution < 1.29 is 9.59 Å². The molecule has 0 atom stereocenters. The maximum atomic E-state index is 12.5. The zero-order valence-corrected chi connectivity index (χ0v) is 12.4. The molecule has 0 saturated carbocycles. The highest BCUT2D eigenvalue weighted by Gasteiger charge is 2.19. The largest absolute Gasteiger partial charge is 0.347 e. The first-order valence-corrected chi connectivity index (χ1v) is 6.78. The Morgan fingerprint density at radius 3 is 2.50 bits per heavy atom. The van der Waals surface area contributed by atoms with Crippen LogP contribution in [0, 0.1) is 0 Å². The summed E-state index contributed by atoms with van der Waals surface area (Å²) >= 11 is 0. The van der Waals surface area contributed by atoms with Gasteiger partial charge in [-0.15, -0.1) is 0 Å². The van der Waals surface area contributed by atoms with Gasteiger partial charge in [-0.3, -0.25) is 9.59 Å². The average Bonchev–Trinajstić information content (AvgIpc) is 2.45. The second-order valence-electron chi connectivity index (χ2n) is 4.92. The molecule has 0 aliphatic heterocycles. The molecule has 5 nitrogen and oxygen atoms in total. The fraction of sp³-hybridized carbons (Fsp3) is 0.467. The number of nitrogens with two attached hydrogens (primary N) is 1. The Hall–Kier alpha value is -1.88. The van der Waals surface area contributed by atoms with Crippen LogP contribution in [0.5, 0.6) is 0 Å². The minimum Gasteiger partial charge on any atom is -0.347 e. The third-order valence-corrected chi connectivity index (χ3v) is 3.02. The van der Waals surface area contributed by atoms with Crippen LogP contribution in [0.1, 0.15) is 29.3 Å². The molecule has 0 radical (unpaired) electrons. The van der Waals surface area contributed by atoms with Gasteiger partial charge >= 0.3 is 0 Å². The molecule has 0 bridgehead atoms. The maximum absolute atomic E-state index is 12.5. The molecule has 2 amide bonds. The van der Waals surface area contributed by atoms with Gasteiger partial charge in [-0.2, -0.15) is 0 Å². The van der Waals surface area contributed by atoms with Gasteiger partial charge in [0.15, 0.2) is 0 Å². The lowest BCUT2D eigenvalue weighted by molar-refractivity contribution is -0.129. The molecule has 0 fully saturated rings. The second kappa shape index (κ2) is 7.65. The van der Waals surface area contributed by atoms with Gasteiger partial charge in [0, 0.05) is 32.7 Å². The van der Waals surface area contributed by atoms with E-state index in [1.807, 2.05) is 19.1 Å². The number of amides is 2. The molecule has 1 aromatic carbocycles. The quantitative estimate of drug-likeness (QED) is 0.846. The molecule has 0 aliphatic rings. The zero-order valence-electron chi connectivity index (χ0n) is 12.4. The van der Waals surface area contributed by atoms with E-state index in [-0.39, 0.29) is 18.4 Å². The van der Waals surface area contributed by atoms with Crippen LogP contribution >= 0.6 is 0 Å². The van der Waals surface area contributed by atoms with Crippen molar-refractivity contribution in [3.8, 4) is 0 Å². The molecule has 1 aromatic rings. The van der Waals surface area contributed by atoms with E-state index >= 15 is 0 Å². The van der Waals surface area contributed by atoms with Crippen molar-refractivity contribution in [1.29, 1.82) is 0 Å². The van der Waals surface area contributed by atoms with Crippen LogP contribution in [-0.4, -0.2) is 48.8 Å². The summed E-state index contributed by atoms with van der Waals surface area (Å²) in [6.07, 6.45) is 0.809. The lowest BCUT2D eigenvalue weighted by atomic mass is 10.1. The summed E-state index contributed by atoms with van der Waals surface area (Å²) in [5.41, 5.74) is 7.07. The van der Waals surface area contributed by atoms with Crippen LogP contribution in [0.4, 0.5) is 0 Å². The van der Waals surface area contributed by atoms with Gasteiger partial charge in [0.1, 0.15) is 6.54 Å². The molecule has 0 aromatic heterocycles. The summed E-state index contributed by atoms with van der Waals surface area (Å²) in [5.74, 6) is -0.209. The molecule has 0 spiro atoms. The van der Waals surface area contributed by atoms with E-state index in [1.165, 1.54) is 4.90 Å². The Morgan fingerprint density at radius 2 is 1.95 bits per heavy atom. The van der Waals surface area contributed by atoms with Gasteiger partial charge in [-0.1, -0.05) is 19.1 Å². The van der Waals surface area contributed by atoms with E-state index in [9.17, 15) is 9.59 Å². The minimum atomic E-state index is -0.127. The average molecular weight is 277 g/mol. The first-order chi connectivity index (χ1) is 9.49. The molecule has 1 rings (SSSR count). The van der Waals surface area contributed by atoms with Crippen LogP contribution in [0.2, 0.25) is 0 Å². The zero-order chi connectivity index (χ0) is 15.1. The molecule has 0 heterocycles. The highest BCUT2D eigenvalue weighted by atomic mass is 16.2. The third kappa shape index (κ3) is 4.35. The fourth-order valence-electron chi connectivity index (χ4n) is 1.84. The van der Waals surface area contributed by atoms with Crippen molar-refractivity contribution in [2.24, 2.45) is 5.73 Å². The predicted octanol–water partition coefficient (Wildman–Crippen LogP) is 1.09. The van der Waals surface area contributed by atoms with Crippen molar-refractivity contribution in [2.75, 3.05) is 27.2 Å². The van der Waals surface area contributed by atoms with E-state index in [2.05, 4.69) is 0 Å². The Balaban J connectivity index is 2.89. The summed E-state index contributed by atoms with van der Waals surface area (Å²) in [7, 11) is 3.37. The van der Waals surface area contributed by atoms with Gasteiger partial charge in [0.25, 0.3) is 5.91 Å². The van der Waals surface area contributed by atoms with Crippen LogP contribution in [0.25, 0.3) is 0 Å². The summed E-state index contributed by atoms with van der Waals surface area (Å²) in [6.45, 7) is 3.04. The standard InChI is InChI=1S/C15H23N3O2/c1-4-8-18(11-14(19)17(2)3)15(20)13-7-5-6-12(9-13)10-16/h5-7,9H,4,8,10-11,16H2,1-3H3. The van der Waals surface area contributed by atoms with E-state index < -0.39 is 0 Å². The number of rotatable bonds is 6. The summed E-state index contributed by atoms with van der Waals surface area (Å²) in [4.78, 5) is 27.3. The molecule has 2 N–H and O–H groups in total. The second-order valence-corrected chi connectivity index (χ2v) is 4.92. The number of hydrogen-bond donors (Lipinski definition) is 1. The van der Waals surface area contributed by atoms with Crippen molar-refractivity contribution in [3.63, 3.8) is 0 Å². The molecular formula is C15H23N3O2.